The molecule has 0 spiro atoms. The van der Waals surface area contributed by atoms with Crippen LogP contribution in [0.4, 0.5) is 5.82 Å². The van der Waals surface area contributed by atoms with E-state index in [4.69, 9.17) is 5.73 Å². The molecule has 7 nitrogen and oxygen atoms in total. The van der Waals surface area contributed by atoms with Gasteiger partial charge in [-0.1, -0.05) is 0 Å². The number of sulfonamides is 1. The summed E-state index contributed by atoms with van der Waals surface area (Å²) in [5.41, 5.74) is 5.47. The first-order valence-corrected chi connectivity index (χ1v) is 6.92. The lowest BCUT2D eigenvalue weighted by Crippen LogP contribution is -2.37. The summed E-state index contributed by atoms with van der Waals surface area (Å²) < 4.78 is 25.8. The molecule has 1 saturated heterocycles. The molecule has 1 amide bonds. The molecular weight excluding hydrogens is 256 g/mol. The molecule has 0 atom stereocenters. The minimum atomic E-state index is -3.69. The quantitative estimate of drug-likeness (QED) is 0.730. The van der Waals surface area contributed by atoms with Crippen molar-refractivity contribution in [2.24, 2.45) is 0 Å². The third-order valence-electron chi connectivity index (χ3n) is 2.62. The summed E-state index contributed by atoms with van der Waals surface area (Å²) in [5, 5.41) is 2.63. The maximum Gasteiger partial charge on any atom is 0.243 e. The van der Waals surface area contributed by atoms with Crippen LogP contribution >= 0.6 is 0 Å². The fourth-order valence-corrected chi connectivity index (χ4v) is 3.18. The Morgan fingerprint density at radius 3 is 2.94 bits per heavy atom. The number of amides is 1. The van der Waals surface area contributed by atoms with Crippen molar-refractivity contribution in [2.75, 3.05) is 25.4 Å². The van der Waals surface area contributed by atoms with E-state index < -0.39 is 10.0 Å². The van der Waals surface area contributed by atoms with Gasteiger partial charge in [-0.05, 0) is 12.5 Å². The van der Waals surface area contributed by atoms with Crippen LogP contribution in [-0.4, -0.2) is 43.2 Å². The van der Waals surface area contributed by atoms with E-state index in [1.807, 2.05) is 0 Å². The highest BCUT2D eigenvalue weighted by molar-refractivity contribution is 7.89. The lowest BCUT2D eigenvalue weighted by Gasteiger charge is -2.18. The van der Waals surface area contributed by atoms with Gasteiger partial charge in [0.05, 0.1) is 11.4 Å². The fourth-order valence-electron chi connectivity index (χ4n) is 1.72. The van der Waals surface area contributed by atoms with Gasteiger partial charge in [-0.25, -0.2) is 13.4 Å². The molecule has 0 unspecified atom stereocenters. The van der Waals surface area contributed by atoms with Crippen LogP contribution < -0.4 is 11.1 Å². The van der Waals surface area contributed by atoms with Gasteiger partial charge in [0.15, 0.2) is 0 Å². The summed E-state index contributed by atoms with van der Waals surface area (Å²) in [7, 11) is -3.69. The van der Waals surface area contributed by atoms with Crippen LogP contribution in [0.3, 0.4) is 0 Å². The highest BCUT2D eigenvalue weighted by Gasteiger charge is 2.28. The summed E-state index contributed by atoms with van der Waals surface area (Å²) in [5.74, 6) is -0.159. The Balaban J connectivity index is 2.32. The molecule has 0 radical (unpaired) electrons. The van der Waals surface area contributed by atoms with Crippen molar-refractivity contribution in [3.63, 3.8) is 0 Å². The average Bonchev–Trinajstić information content (AvgIpc) is 2.54. The first kappa shape index (κ1) is 12.8. The maximum absolute atomic E-state index is 12.3. The molecule has 3 N–H and O–H groups in total. The molecule has 1 aliphatic rings. The number of nitrogens with one attached hydrogen (secondary N) is 1. The van der Waals surface area contributed by atoms with E-state index in [1.54, 1.807) is 0 Å². The summed E-state index contributed by atoms with van der Waals surface area (Å²) in [4.78, 5) is 15.2. The molecule has 0 aromatic carbocycles. The summed E-state index contributed by atoms with van der Waals surface area (Å²) in [6, 6.07) is 2.66. The number of hydrogen-bond acceptors (Lipinski definition) is 5. The van der Waals surface area contributed by atoms with Crippen molar-refractivity contribution in [3.8, 4) is 0 Å². The van der Waals surface area contributed by atoms with Crippen LogP contribution in [0.2, 0.25) is 0 Å². The van der Waals surface area contributed by atoms with Crippen molar-refractivity contribution >= 4 is 21.7 Å². The van der Waals surface area contributed by atoms with E-state index in [2.05, 4.69) is 10.3 Å². The molecule has 1 fully saturated rings. The molecule has 2 rings (SSSR count). The Morgan fingerprint density at radius 2 is 2.22 bits per heavy atom. The van der Waals surface area contributed by atoms with Gasteiger partial charge >= 0.3 is 0 Å². The number of nitrogens with zero attached hydrogens (tertiary/aromatic N) is 2. The Hall–Kier alpha value is -1.67. The molecule has 1 aromatic heterocycles. The highest BCUT2D eigenvalue weighted by Crippen LogP contribution is 2.17. The van der Waals surface area contributed by atoms with Crippen LogP contribution in [0.15, 0.2) is 23.2 Å². The van der Waals surface area contributed by atoms with Gasteiger partial charge in [0, 0.05) is 25.4 Å². The van der Waals surface area contributed by atoms with Crippen molar-refractivity contribution in [1.29, 1.82) is 0 Å². The molecule has 0 saturated carbocycles. The molecule has 0 bridgehead atoms. The largest absolute Gasteiger partial charge is 0.384 e. The third-order valence-corrected chi connectivity index (χ3v) is 4.46. The Labute approximate surface area is 105 Å². The van der Waals surface area contributed by atoms with Crippen LogP contribution in [-0.2, 0) is 14.8 Å². The zero-order valence-electron chi connectivity index (χ0n) is 9.67. The van der Waals surface area contributed by atoms with E-state index in [0.29, 0.717) is 19.5 Å². The first-order valence-electron chi connectivity index (χ1n) is 5.48. The average molecular weight is 270 g/mol. The number of nitrogen functional groups attached to an aromatic ring is 1. The second-order valence-corrected chi connectivity index (χ2v) is 5.90. The standard InChI is InChI=1S/C10H14N4O3S/c11-9-6-8(2-4-12-9)18(16,17)14-5-1-3-13-10(15)7-14/h2,4,6H,1,3,5,7H2,(H2,11,12)(H,13,15). The highest BCUT2D eigenvalue weighted by atomic mass is 32.2. The van der Waals surface area contributed by atoms with Gasteiger partial charge < -0.3 is 11.1 Å². The second-order valence-electron chi connectivity index (χ2n) is 3.96. The smallest absolute Gasteiger partial charge is 0.243 e. The minimum Gasteiger partial charge on any atom is -0.384 e. The molecule has 98 valence electrons. The number of rotatable bonds is 2. The van der Waals surface area contributed by atoms with Crippen LogP contribution in [0, 0.1) is 0 Å². The molecular formula is C10H14N4O3S. The SMILES string of the molecule is Nc1cc(S(=O)(=O)N2CCCNC(=O)C2)ccn1. The monoisotopic (exact) mass is 270 g/mol. The van der Waals surface area contributed by atoms with E-state index in [1.165, 1.54) is 18.3 Å². The normalized spacial score (nSPS) is 18.1. The number of anilines is 1. The van der Waals surface area contributed by atoms with E-state index >= 15 is 0 Å². The van der Waals surface area contributed by atoms with Gasteiger partial charge in [0.1, 0.15) is 5.82 Å². The lowest BCUT2D eigenvalue weighted by atomic mass is 10.4. The van der Waals surface area contributed by atoms with Crippen LogP contribution in [0.1, 0.15) is 6.42 Å². The fraction of sp³-hybridized carbons (Fsp3) is 0.400. The van der Waals surface area contributed by atoms with Crippen LogP contribution in [0.25, 0.3) is 0 Å². The van der Waals surface area contributed by atoms with Crippen LogP contribution in [0.5, 0.6) is 0 Å². The number of nitrogens with two attached hydrogens (primary N) is 1. The number of aromatic nitrogens is 1. The molecule has 18 heavy (non-hydrogen) atoms. The second kappa shape index (κ2) is 4.91. The van der Waals surface area contributed by atoms with Crippen molar-refractivity contribution in [3.05, 3.63) is 18.3 Å². The number of hydrogen-bond donors (Lipinski definition) is 2. The molecule has 0 aliphatic carbocycles. The molecule has 8 heteroatoms. The predicted octanol–water partition coefficient (Wildman–Crippen LogP) is -0.826. The number of carbonyl (C=O) groups excluding carboxylic acids is 1. The van der Waals surface area contributed by atoms with Gasteiger partial charge in [-0.3, -0.25) is 4.79 Å². The van der Waals surface area contributed by atoms with Gasteiger partial charge in [0.25, 0.3) is 0 Å². The number of pyridine rings is 1. The topological polar surface area (TPSA) is 105 Å². The zero-order chi connectivity index (χ0) is 13.2. The van der Waals surface area contributed by atoms with Gasteiger partial charge in [0.2, 0.25) is 15.9 Å². The Kier molecular flexibility index (Phi) is 3.48. The Bertz CT molecular complexity index is 558. The van der Waals surface area contributed by atoms with Crippen molar-refractivity contribution in [1.82, 2.24) is 14.6 Å². The van der Waals surface area contributed by atoms with Gasteiger partial charge in [-0.15, -0.1) is 0 Å². The number of carbonyl (C=O) groups is 1. The zero-order valence-corrected chi connectivity index (χ0v) is 10.5. The lowest BCUT2D eigenvalue weighted by molar-refractivity contribution is -0.120. The first-order chi connectivity index (χ1) is 8.50. The molecule has 1 aromatic rings. The molecule has 2 heterocycles. The van der Waals surface area contributed by atoms with Crippen molar-refractivity contribution < 1.29 is 13.2 Å². The Morgan fingerprint density at radius 1 is 1.44 bits per heavy atom. The van der Waals surface area contributed by atoms with E-state index in [-0.39, 0.29) is 23.2 Å². The van der Waals surface area contributed by atoms with E-state index in [9.17, 15) is 13.2 Å². The predicted molar refractivity (Wildman–Crippen MR) is 65.0 cm³/mol. The summed E-state index contributed by atoms with van der Waals surface area (Å²) in [6.45, 7) is 0.636. The summed E-state index contributed by atoms with van der Waals surface area (Å²) in [6.07, 6.45) is 1.92. The minimum absolute atomic E-state index is 0.0599. The maximum atomic E-state index is 12.3. The van der Waals surface area contributed by atoms with Crippen molar-refractivity contribution in [2.45, 2.75) is 11.3 Å². The summed E-state index contributed by atoms with van der Waals surface area (Å²) >= 11 is 0. The molecule has 1 aliphatic heterocycles. The van der Waals surface area contributed by atoms with E-state index in [0.717, 1.165) is 4.31 Å². The third kappa shape index (κ3) is 2.59. The van der Waals surface area contributed by atoms with Gasteiger partial charge in [-0.2, -0.15) is 4.31 Å².